The summed E-state index contributed by atoms with van der Waals surface area (Å²) in [6.07, 6.45) is 0. The molecule has 1 heterocycles. The predicted octanol–water partition coefficient (Wildman–Crippen LogP) is 1.55. The Kier molecular flexibility index (Phi) is 3.91. The average Bonchev–Trinajstić information content (AvgIpc) is 2.17. The van der Waals surface area contributed by atoms with E-state index in [1.54, 1.807) is 17.0 Å². The summed E-state index contributed by atoms with van der Waals surface area (Å²) in [6.45, 7) is 2.46. The standard InChI is InChI=1S/C10H14ClN3O/c1-4-12-10(15)7-5-8(11)13-9(6-7)14(2)3/h5-6H,4H2,1-3H3,(H,12,15). The van der Waals surface area contributed by atoms with Gasteiger partial charge in [0.2, 0.25) is 0 Å². The molecule has 82 valence electrons. The molecule has 1 amide bonds. The van der Waals surface area contributed by atoms with Crippen molar-refractivity contribution in [1.82, 2.24) is 10.3 Å². The third kappa shape index (κ3) is 3.09. The van der Waals surface area contributed by atoms with Crippen molar-refractivity contribution in [1.29, 1.82) is 0 Å². The highest BCUT2D eigenvalue weighted by Crippen LogP contribution is 2.16. The SMILES string of the molecule is CCNC(=O)c1cc(Cl)nc(N(C)C)c1. The number of nitrogens with zero attached hydrogens (tertiary/aromatic N) is 2. The molecule has 1 rings (SSSR count). The van der Waals surface area contributed by atoms with Crippen LogP contribution < -0.4 is 10.2 Å². The molecular formula is C10H14ClN3O. The second-order valence-electron chi connectivity index (χ2n) is 3.29. The van der Waals surface area contributed by atoms with Crippen molar-refractivity contribution in [2.45, 2.75) is 6.92 Å². The van der Waals surface area contributed by atoms with Gasteiger partial charge < -0.3 is 10.2 Å². The lowest BCUT2D eigenvalue weighted by atomic mass is 10.2. The number of rotatable bonds is 3. The predicted molar refractivity (Wildman–Crippen MR) is 61.6 cm³/mol. The number of carbonyl (C=O) groups is 1. The fourth-order valence-corrected chi connectivity index (χ4v) is 1.31. The molecule has 0 aromatic carbocycles. The van der Waals surface area contributed by atoms with Gasteiger partial charge in [-0.1, -0.05) is 11.6 Å². The fraction of sp³-hybridized carbons (Fsp3) is 0.400. The van der Waals surface area contributed by atoms with Crippen LogP contribution in [0, 0.1) is 0 Å². The van der Waals surface area contributed by atoms with Crippen molar-refractivity contribution < 1.29 is 4.79 Å². The maximum Gasteiger partial charge on any atom is 0.251 e. The maximum absolute atomic E-state index is 11.6. The van der Waals surface area contributed by atoms with E-state index in [0.29, 0.717) is 23.1 Å². The minimum absolute atomic E-state index is 0.134. The smallest absolute Gasteiger partial charge is 0.251 e. The van der Waals surface area contributed by atoms with Crippen molar-refractivity contribution in [3.63, 3.8) is 0 Å². The first-order chi connectivity index (χ1) is 7.04. The van der Waals surface area contributed by atoms with E-state index in [9.17, 15) is 4.79 Å². The summed E-state index contributed by atoms with van der Waals surface area (Å²) in [7, 11) is 3.69. The minimum Gasteiger partial charge on any atom is -0.363 e. The van der Waals surface area contributed by atoms with Gasteiger partial charge in [-0.25, -0.2) is 4.98 Å². The lowest BCUT2D eigenvalue weighted by Crippen LogP contribution is -2.23. The number of pyridine rings is 1. The first-order valence-electron chi connectivity index (χ1n) is 4.67. The number of hydrogen-bond acceptors (Lipinski definition) is 3. The Morgan fingerprint density at radius 3 is 2.73 bits per heavy atom. The van der Waals surface area contributed by atoms with Gasteiger partial charge in [-0.3, -0.25) is 4.79 Å². The number of nitrogens with one attached hydrogen (secondary N) is 1. The van der Waals surface area contributed by atoms with Gasteiger partial charge >= 0.3 is 0 Å². The Labute approximate surface area is 94.3 Å². The summed E-state index contributed by atoms with van der Waals surface area (Å²) < 4.78 is 0. The maximum atomic E-state index is 11.6. The Bertz CT molecular complexity index is 366. The Morgan fingerprint density at radius 1 is 1.53 bits per heavy atom. The molecule has 0 aliphatic rings. The molecule has 0 bridgehead atoms. The second kappa shape index (κ2) is 4.98. The molecule has 1 aromatic rings. The Hall–Kier alpha value is -1.29. The first kappa shape index (κ1) is 11.8. The quantitative estimate of drug-likeness (QED) is 0.797. The van der Waals surface area contributed by atoms with E-state index in [0.717, 1.165) is 0 Å². The summed E-state index contributed by atoms with van der Waals surface area (Å²) >= 11 is 5.82. The summed E-state index contributed by atoms with van der Waals surface area (Å²) in [5.74, 6) is 0.536. The van der Waals surface area contributed by atoms with Crippen LogP contribution in [-0.4, -0.2) is 31.5 Å². The highest BCUT2D eigenvalue weighted by Gasteiger charge is 2.09. The lowest BCUT2D eigenvalue weighted by Gasteiger charge is -2.12. The third-order valence-electron chi connectivity index (χ3n) is 1.84. The van der Waals surface area contributed by atoms with E-state index < -0.39 is 0 Å². The van der Waals surface area contributed by atoms with E-state index >= 15 is 0 Å². The van der Waals surface area contributed by atoms with Crippen LogP contribution in [0.5, 0.6) is 0 Å². The van der Waals surface area contributed by atoms with Crippen molar-refractivity contribution in [3.05, 3.63) is 22.8 Å². The van der Waals surface area contributed by atoms with Crippen molar-refractivity contribution in [3.8, 4) is 0 Å². The molecule has 1 aromatic heterocycles. The molecule has 1 N–H and O–H groups in total. The largest absolute Gasteiger partial charge is 0.363 e. The van der Waals surface area contributed by atoms with E-state index in [1.807, 2.05) is 21.0 Å². The molecule has 0 fully saturated rings. The van der Waals surface area contributed by atoms with Gasteiger partial charge in [0.25, 0.3) is 5.91 Å². The zero-order valence-corrected chi connectivity index (χ0v) is 9.80. The normalized spacial score (nSPS) is 9.87. The van der Waals surface area contributed by atoms with Crippen LogP contribution in [-0.2, 0) is 0 Å². The zero-order valence-electron chi connectivity index (χ0n) is 9.04. The fourth-order valence-electron chi connectivity index (χ4n) is 1.11. The van der Waals surface area contributed by atoms with Crippen LogP contribution >= 0.6 is 11.6 Å². The summed E-state index contributed by atoms with van der Waals surface area (Å²) in [4.78, 5) is 17.4. The van der Waals surface area contributed by atoms with Crippen molar-refractivity contribution in [2.75, 3.05) is 25.5 Å². The van der Waals surface area contributed by atoms with E-state index in [4.69, 9.17) is 11.6 Å². The highest BCUT2D eigenvalue weighted by atomic mass is 35.5. The van der Waals surface area contributed by atoms with E-state index in [2.05, 4.69) is 10.3 Å². The van der Waals surface area contributed by atoms with Crippen LogP contribution in [0.4, 0.5) is 5.82 Å². The number of anilines is 1. The Balaban J connectivity index is 3.03. The average molecular weight is 228 g/mol. The highest BCUT2D eigenvalue weighted by molar-refractivity contribution is 6.29. The van der Waals surface area contributed by atoms with Gasteiger partial charge in [-0.2, -0.15) is 0 Å². The minimum atomic E-state index is -0.134. The molecule has 0 spiro atoms. The van der Waals surface area contributed by atoms with E-state index in [-0.39, 0.29) is 5.91 Å². The number of halogens is 1. The molecule has 0 radical (unpaired) electrons. The van der Waals surface area contributed by atoms with Crippen LogP contribution in [0.3, 0.4) is 0 Å². The van der Waals surface area contributed by atoms with Gasteiger partial charge in [0.15, 0.2) is 0 Å². The van der Waals surface area contributed by atoms with Gasteiger partial charge in [0.05, 0.1) is 0 Å². The van der Waals surface area contributed by atoms with Crippen molar-refractivity contribution in [2.24, 2.45) is 0 Å². The summed E-state index contributed by atoms with van der Waals surface area (Å²) in [5, 5.41) is 3.03. The molecule has 0 saturated heterocycles. The Morgan fingerprint density at radius 2 is 2.20 bits per heavy atom. The third-order valence-corrected chi connectivity index (χ3v) is 2.03. The van der Waals surface area contributed by atoms with Gasteiger partial charge in [0.1, 0.15) is 11.0 Å². The summed E-state index contributed by atoms with van der Waals surface area (Å²) in [6, 6.07) is 3.26. The first-order valence-corrected chi connectivity index (χ1v) is 5.05. The molecule has 15 heavy (non-hydrogen) atoms. The monoisotopic (exact) mass is 227 g/mol. The number of aromatic nitrogens is 1. The number of amides is 1. The molecular weight excluding hydrogens is 214 g/mol. The molecule has 0 unspecified atom stereocenters. The summed E-state index contributed by atoms with van der Waals surface area (Å²) in [5.41, 5.74) is 0.528. The lowest BCUT2D eigenvalue weighted by molar-refractivity contribution is 0.0956. The molecule has 0 aliphatic heterocycles. The van der Waals surface area contributed by atoms with Gasteiger partial charge in [-0.15, -0.1) is 0 Å². The van der Waals surface area contributed by atoms with Gasteiger partial charge in [0, 0.05) is 26.2 Å². The molecule has 0 aliphatic carbocycles. The molecule has 0 atom stereocenters. The van der Waals surface area contributed by atoms with E-state index in [1.165, 1.54) is 0 Å². The van der Waals surface area contributed by atoms with Gasteiger partial charge in [-0.05, 0) is 19.1 Å². The molecule has 5 heteroatoms. The van der Waals surface area contributed by atoms with Crippen LogP contribution in [0.1, 0.15) is 17.3 Å². The topological polar surface area (TPSA) is 45.2 Å². The second-order valence-corrected chi connectivity index (χ2v) is 3.68. The number of hydrogen-bond donors (Lipinski definition) is 1. The van der Waals surface area contributed by atoms with Crippen molar-refractivity contribution >= 4 is 23.3 Å². The van der Waals surface area contributed by atoms with Crippen LogP contribution in [0.2, 0.25) is 5.15 Å². The molecule has 0 saturated carbocycles. The van der Waals surface area contributed by atoms with Crippen LogP contribution in [0.15, 0.2) is 12.1 Å². The molecule has 4 nitrogen and oxygen atoms in total. The van der Waals surface area contributed by atoms with Crippen LogP contribution in [0.25, 0.3) is 0 Å². The number of carbonyl (C=O) groups excluding carboxylic acids is 1. The zero-order chi connectivity index (χ0) is 11.4.